The maximum absolute atomic E-state index is 13.7. The van der Waals surface area contributed by atoms with Crippen molar-refractivity contribution in [2.75, 3.05) is 6.54 Å². The van der Waals surface area contributed by atoms with Crippen molar-refractivity contribution in [1.82, 2.24) is 15.5 Å². The summed E-state index contributed by atoms with van der Waals surface area (Å²) in [5, 5.41) is 25.1. The first kappa shape index (κ1) is 29.6. The topological polar surface area (TPSA) is 132 Å². The fraction of sp³-hybridized carbons (Fsp3) is 0.778. The maximum atomic E-state index is 13.7. The van der Waals surface area contributed by atoms with Gasteiger partial charge in [-0.3, -0.25) is 9.59 Å². The Morgan fingerprint density at radius 1 is 1.17 bits per heavy atom. The fourth-order valence-corrected chi connectivity index (χ4v) is 4.89. The maximum Gasteiger partial charge on any atom is 0.408 e. The first-order chi connectivity index (χ1) is 17.1. The first-order valence-corrected chi connectivity index (χ1v) is 13.4. The number of carbonyl (C=O) groups excluding carboxylic acids is 3. The molecule has 9 nitrogen and oxygen atoms in total. The monoisotopic (exact) mass is 504 g/mol. The molecule has 3 amide bonds. The van der Waals surface area contributed by atoms with Crippen molar-refractivity contribution in [3.05, 3.63) is 12.7 Å². The molecule has 0 saturated carbocycles. The molecule has 0 aliphatic carbocycles. The Morgan fingerprint density at radius 3 is 2.31 bits per heavy atom. The first-order valence-electron chi connectivity index (χ1n) is 13.4. The van der Waals surface area contributed by atoms with Gasteiger partial charge in [0.25, 0.3) is 0 Å². The van der Waals surface area contributed by atoms with Gasteiger partial charge in [0.1, 0.15) is 17.7 Å². The second kappa shape index (κ2) is 14.2. The van der Waals surface area contributed by atoms with Crippen LogP contribution in [0.4, 0.5) is 4.79 Å². The number of fused-ring (bicyclic) bond motifs is 1. The third-order valence-corrected chi connectivity index (χ3v) is 6.84. The van der Waals surface area contributed by atoms with Gasteiger partial charge in [0.2, 0.25) is 11.8 Å². The van der Waals surface area contributed by atoms with Gasteiger partial charge in [0.15, 0.2) is 6.10 Å². The average molecular weight is 505 g/mol. The van der Waals surface area contributed by atoms with Crippen LogP contribution in [0.25, 0.3) is 0 Å². The number of amides is 3. The highest BCUT2D eigenvalue weighted by Crippen LogP contribution is 2.27. The largest absolute Gasteiger partial charge is 0.444 e. The van der Waals surface area contributed by atoms with Crippen LogP contribution in [0.2, 0.25) is 0 Å². The molecule has 2 heterocycles. The van der Waals surface area contributed by atoms with E-state index in [1.807, 2.05) is 6.07 Å². The van der Waals surface area contributed by atoms with Gasteiger partial charge >= 0.3 is 6.09 Å². The molecular weight excluding hydrogens is 460 g/mol. The zero-order chi connectivity index (χ0) is 26.7. The van der Waals surface area contributed by atoms with E-state index >= 15 is 0 Å². The number of alkyl carbamates (subject to hydrolysis) is 1. The van der Waals surface area contributed by atoms with Crippen molar-refractivity contribution in [3.8, 4) is 6.07 Å². The molecule has 36 heavy (non-hydrogen) atoms. The Hall–Kier alpha value is -2.60. The lowest BCUT2D eigenvalue weighted by molar-refractivity contribution is -0.140. The van der Waals surface area contributed by atoms with Gasteiger partial charge in [-0.2, -0.15) is 5.26 Å². The van der Waals surface area contributed by atoms with Crippen LogP contribution in [0.3, 0.4) is 0 Å². The van der Waals surface area contributed by atoms with Crippen molar-refractivity contribution < 1.29 is 24.2 Å². The van der Waals surface area contributed by atoms with Crippen LogP contribution in [0.15, 0.2) is 12.7 Å². The highest BCUT2D eigenvalue weighted by Gasteiger charge is 2.42. The summed E-state index contributed by atoms with van der Waals surface area (Å²) in [5.41, 5.74) is -0.704. The normalized spacial score (nSPS) is 28.1. The Balaban J connectivity index is 2.28. The van der Waals surface area contributed by atoms with E-state index in [0.717, 1.165) is 51.4 Å². The number of nitrogens with one attached hydrogen (secondary N) is 2. The van der Waals surface area contributed by atoms with E-state index in [0.29, 0.717) is 25.8 Å². The molecule has 5 atom stereocenters. The zero-order valence-corrected chi connectivity index (χ0v) is 22.1. The lowest BCUT2D eigenvalue weighted by Crippen LogP contribution is -2.56. The molecule has 3 N–H and O–H groups in total. The number of aliphatic hydroxyl groups excluding tert-OH is 1. The van der Waals surface area contributed by atoms with Crippen LogP contribution >= 0.6 is 0 Å². The molecule has 0 radical (unpaired) electrons. The molecule has 0 spiro atoms. The SMILES string of the molecule is C=C[C@@H]1C[C@H]2C(=O)N[C@H](C(O)C#N)CCCCCCCCCC[C@H](NC(=O)OC(C)(C)C)C(=O)N2C1. The number of ether oxygens (including phenoxy) is 1. The number of rotatable bonds is 3. The molecule has 2 fully saturated rings. The van der Waals surface area contributed by atoms with E-state index in [1.165, 1.54) is 4.90 Å². The number of hydrogen-bond acceptors (Lipinski definition) is 6. The van der Waals surface area contributed by atoms with E-state index in [4.69, 9.17) is 4.74 Å². The summed E-state index contributed by atoms with van der Waals surface area (Å²) in [6, 6.07) is -0.447. The van der Waals surface area contributed by atoms with Crippen molar-refractivity contribution >= 4 is 17.9 Å². The van der Waals surface area contributed by atoms with Gasteiger partial charge in [-0.1, -0.05) is 57.4 Å². The van der Waals surface area contributed by atoms with Crippen molar-refractivity contribution in [2.45, 2.75) is 121 Å². The molecule has 0 aromatic rings. The zero-order valence-electron chi connectivity index (χ0n) is 22.1. The Kier molecular flexibility index (Phi) is 11.7. The van der Waals surface area contributed by atoms with E-state index in [2.05, 4.69) is 17.2 Å². The Bertz CT molecular complexity index is 803. The molecule has 1 unspecified atom stereocenters. The average Bonchev–Trinajstić information content (AvgIpc) is 3.25. The summed E-state index contributed by atoms with van der Waals surface area (Å²) >= 11 is 0. The van der Waals surface area contributed by atoms with E-state index < -0.39 is 41.8 Å². The summed E-state index contributed by atoms with van der Waals surface area (Å²) in [6.45, 7) is 9.44. The standard InChI is InChI=1S/C27H44N4O5/c1-5-19-16-22-24(33)29-20(23(32)17-28)14-12-10-8-6-7-9-11-13-15-21(25(34)31(22)18-19)30-26(35)36-27(2,3)4/h5,19-23,32H,1,6-16,18H2,2-4H3,(H,29,33)(H,30,35)/t19-,20+,21+,22+,23?/m1/s1. The predicted octanol–water partition coefficient (Wildman–Crippen LogP) is 3.57. The van der Waals surface area contributed by atoms with Crippen LogP contribution < -0.4 is 10.6 Å². The molecular formula is C27H44N4O5. The smallest absolute Gasteiger partial charge is 0.408 e. The third-order valence-electron chi connectivity index (χ3n) is 6.84. The van der Waals surface area contributed by atoms with Gasteiger partial charge < -0.3 is 25.4 Å². The van der Waals surface area contributed by atoms with Gasteiger partial charge in [-0.05, 0) is 46.0 Å². The molecule has 2 saturated heterocycles. The molecule has 2 aliphatic heterocycles. The Labute approximate surface area is 215 Å². The number of hydrogen-bond donors (Lipinski definition) is 3. The van der Waals surface area contributed by atoms with Crippen LogP contribution in [0, 0.1) is 17.2 Å². The lowest BCUT2D eigenvalue weighted by atomic mass is 10.0. The number of carbonyl (C=O) groups is 3. The summed E-state index contributed by atoms with van der Waals surface area (Å²) in [4.78, 5) is 41.1. The molecule has 0 aromatic carbocycles. The fourth-order valence-electron chi connectivity index (χ4n) is 4.89. The summed E-state index contributed by atoms with van der Waals surface area (Å²) in [5.74, 6) is -0.795. The second-order valence-corrected chi connectivity index (χ2v) is 11.0. The van der Waals surface area contributed by atoms with Crippen LogP contribution in [-0.2, 0) is 14.3 Å². The predicted molar refractivity (Wildman–Crippen MR) is 137 cm³/mol. The second-order valence-electron chi connectivity index (χ2n) is 11.0. The minimum Gasteiger partial charge on any atom is -0.444 e. The molecule has 202 valence electrons. The van der Waals surface area contributed by atoms with Gasteiger partial charge in [0.05, 0.1) is 12.1 Å². The quantitative estimate of drug-likeness (QED) is 0.398. The van der Waals surface area contributed by atoms with Crippen LogP contribution in [0.1, 0.15) is 91.4 Å². The number of nitrogens with zero attached hydrogens (tertiary/aromatic N) is 2. The van der Waals surface area contributed by atoms with E-state index in [9.17, 15) is 24.8 Å². The van der Waals surface area contributed by atoms with Crippen molar-refractivity contribution in [2.24, 2.45) is 5.92 Å². The van der Waals surface area contributed by atoms with E-state index in [1.54, 1.807) is 26.8 Å². The van der Waals surface area contributed by atoms with Crippen LogP contribution in [-0.4, -0.2) is 64.3 Å². The molecule has 9 heteroatoms. The summed E-state index contributed by atoms with van der Waals surface area (Å²) < 4.78 is 5.40. The van der Waals surface area contributed by atoms with Gasteiger partial charge in [0, 0.05) is 6.54 Å². The highest BCUT2D eigenvalue weighted by molar-refractivity contribution is 5.92. The molecule has 0 bridgehead atoms. The minimum atomic E-state index is -1.32. The summed E-state index contributed by atoms with van der Waals surface area (Å²) in [6.07, 6.45) is 8.89. The highest BCUT2D eigenvalue weighted by atomic mass is 16.6. The van der Waals surface area contributed by atoms with E-state index in [-0.39, 0.29) is 11.8 Å². The van der Waals surface area contributed by atoms with Crippen molar-refractivity contribution in [1.29, 1.82) is 5.26 Å². The molecule has 2 rings (SSSR count). The number of nitriles is 1. The lowest BCUT2D eigenvalue weighted by Gasteiger charge is -2.30. The summed E-state index contributed by atoms with van der Waals surface area (Å²) in [7, 11) is 0. The molecule has 2 aliphatic rings. The third kappa shape index (κ3) is 9.45. The number of aliphatic hydroxyl groups is 1. The van der Waals surface area contributed by atoms with Gasteiger partial charge in [-0.15, -0.1) is 6.58 Å². The molecule has 0 aromatic heterocycles. The Morgan fingerprint density at radius 2 is 1.75 bits per heavy atom. The minimum absolute atomic E-state index is 0.0724. The van der Waals surface area contributed by atoms with Gasteiger partial charge in [-0.25, -0.2) is 4.79 Å². The van der Waals surface area contributed by atoms with Crippen LogP contribution in [0.5, 0.6) is 0 Å². The van der Waals surface area contributed by atoms with Crippen molar-refractivity contribution in [3.63, 3.8) is 0 Å².